The largest absolute Gasteiger partial charge is 0.478 e. The molecule has 0 aliphatic carbocycles. The fourth-order valence-electron chi connectivity index (χ4n) is 1.93. The average molecular weight is 293 g/mol. The highest BCUT2D eigenvalue weighted by atomic mass is 16.4. The third-order valence-electron chi connectivity index (χ3n) is 2.96. The Hall–Kier alpha value is -2.11. The number of amides is 1. The number of aromatic nitrogens is 1. The minimum atomic E-state index is -0.990. The fraction of sp³-hybridized carbons (Fsp3) is 0.533. The summed E-state index contributed by atoms with van der Waals surface area (Å²) in [4.78, 5) is 29.2. The Kier molecular flexibility index (Phi) is 6.14. The van der Waals surface area contributed by atoms with Crippen LogP contribution in [-0.2, 0) is 11.2 Å². The Bertz CT molecular complexity index is 515. The lowest BCUT2D eigenvalue weighted by Crippen LogP contribution is -2.40. The molecular weight excluding hydrogens is 270 g/mol. The first-order valence-electron chi connectivity index (χ1n) is 7.15. The summed E-state index contributed by atoms with van der Waals surface area (Å²) in [6.45, 7) is 8.35. The zero-order valence-corrected chi connectivity index (χ0v) is 13.0. The maximum atomic E-state index is 11.9. The summed E-state index contributed by atoms with van der Waals surface area (Å²) in [6.07, 6.45) is 0.643. The number of aromatic carboxylic acids is 1. The van der Waals surface area contributed by atoms with E-state index in [4.69, 9.17) is 5.11 Å². The van der Waals surface area contributed by atoms with Gasteiger partial charge in [0.25, 0.3) is 0 Å². The van der Waals surface area contributed by atoms with E-state index in [0.717, 1.165) is 0 Å². The smallest absolute Gasteiger partial charge is 0.335 e. The van der Waals surface area contributed by atoms with Gasteiger partial charge in [-0.25, -0.2) is 9.78 Å². The summed E-state index contributed by atoms with van der Waals surface area (Å²) in [6, 6.07) is 3.14. The summed E-state index contributed by atoms with van der Waals surface area (Å²) < 4.78 is 0. The summed E-state index contributed by atoms with van der Waals surface area (Å²) in [5.41, 5.74) is 0.896. The van der Waals surface area contributed by atoms with E-state index in [1.807, 2.05) is 27.7 Å². The Morgan fingerprint density at radius 3 is 2.48 bits per heavy atom. The van der Waals surface area contributed by atoms with Gasteiger partial charge in [0, 0.05) is 18.3 Å². The predicted octanol–water partition coefficient (Wildman–Crippen LogP) is 1.69. The maximum absolute atomic E-state index is 11.9. The van der Waals surface area contributed by atoms with Gasteiger partial charge in [-0.2, -0.15) is 0 Å². The number of hydrogen-bond acceptors (Lipinski definition) is 4. The van der Waals surface area contributed by atoms with Crippen LogP contribution >= 0.6 is 0 Å². The lowest BCUT2D eigenvalue weighted by atomic mass is 10.2. The van der Waals surface area contributed by atoms with Crippen LogP contribution in [0.4, 0.5) is 5.82 Å². The number of carbonyl (C=O) groups excluding carboxylic acids is 1. The second kappa shape index (κ2) is 7.61. The number of nitrogens with one attached hydrogen (secondary N) is 1. The van der Waals surface area contributed by atoms with Gasteiger partial charge in [-0.3, -0.25) is 4.79 Å². The van der Waals surface area contributed by atoms with E-state index >= 15 is 0 Å². The van der Waals surface area contributed by atoms with Crippen molar-refractivity contribution in [2.75, 3.05) is 18.0 Å². The Morgan fingerprint density at radius 1 is 1.33 bits per heavy atom. The lowest BCUT2D eigenvalue weighted by molar-refractivity contribution is -0.120. The number of carbonyl (C=O) groups is 2. The third-order valence-corrected chi connectivity index (χ3v) is 2.96. The topological polar surface area (TPSA) is 82.5 Å². The fourth-order valence-corrected chi connectivity index (χ4v) is 1.93. The normalized spacial score (nSPS) is 10.5. The van der Waals surface area contributed by atoms with Crippen LogP contribution in [0.3, 0.4) is 0 Å². The van der Waals surface area contributed by atoms with Gasteiger partial charge >= 0.3 is 5.97 Å². The molecule has 1 rings (SSSR count). The maximum Gasteiger partial charge on any atom is 0.335 e. The molecule has 0 radical (unpaired) electrons. The van der Waals surface area contributed by atoms with Gasteiger partial charge in [-0.15, -0.1) is 0 Å². The molecule has 21 heavy (non-hydrogen) atoms. The van der Waals surface area contributed by atoms with Crippen molar-refractivity contribution >= 4 is 17.7 Å². The molecule has 1 aromatic heterocycles. The molecule has 6 nitrogen and oxygen atoms in total. The highest BCUT2D eigenvalue weighted by Gasteiger charge is 2.15. The van der Waals surface area contributed by atoms with Crippen molar-refractivity contribution < 1.29 is 14.7 Å². The second-order valence-electron chi connectivity index (χ2n) is 5.10. The van der Waals surface area contributed by atoms with Crippen LogP contribution < -0.4 is 10.2 Å². The highest BCUT2D eigenvalue weighted by molar-refractivity contribution is 5.89. The number of aryl methyl sites for hydroxylation is 1. The first kappa shape index (κ1) is 16.9. The predicted molar refractivity (Wildman–Crippen MR) is 81.7 cm³/mol. The van der Waals surface area contributed by atoms with Crippen LogP contribution in [0, 0.1) is 0 Å². The minimum absolute atomic E-state index is 0.0701. The molecule has 0 aromatic carbocycles. The molecule has 1 amide bonds. The molecule has 6 heteroatoms. The van der Waals surface area contributed by atoms with Gasteiger partial charge in [-0.1, -0.05) is 6.92 Å². The van der Waals surface area contributed by atoms with Crippen molar-refractivity contribution in [1.82, 2.24) is 10.3 Å². The van der Waals surface area contributed by atoms with Crippen LogP contribution in [0.2, 0.25) is 0 Å². The number of rotatable bonds is 7. The molecule has 0 bridgehead atoms. The van der Waals surface area contributed by atoms with E-state index < -0.39 is 5.97 Å². The molecule has 0 fully saturated rings. The summed E-state index contributed by atoms with van der Waals surface area (Å²) in [7, 11) is 0. The zero-order valence-electron chi connectivity index (χ0n) is 13.0. The molecule has 0 aliphatic heterocycles. The number of pyridine rings is 1. The molecule has 0 spiro atoms. The number of anilines is 1. The zero-order chi connectivity index (χ0) is 16.0. The summed E-state index contributed by atoms with van der Waals surface area (Å²) >= 11 is 0. The van der Waals surface area contributed by atoms with Crippen LogP contribution in [-0.4, -0.2) is 41.1 Å². The highest BCUT2D eigenvalue weighted by Crippen LogP contribution is 2.16. The third kappa shape index (κ3) is 5.06. The first-order valence-corrected chi connectivity index (χ1v) is 7.15. The molecule has 0 atom stereocenters. The monoisotopic (exact) mass is 293 g/mol. The minimum Gasteiger partial charge on any atom is -0.478 e. The van der Waals surface area contributed by atoms with E-state index in [9.17, 15) is 9.59 Å². The van der Waals surface area contributed by atoms with Crippen molar-refractivity contribution in [3.63, 3.8) is 0 Å². The molecule has 0 saturated heterocycles. The van der Waals surface area contributed by atoms with Crippen molar-refractivity contribution in [3.8, 4) is 0 Å². The number of nitrogens with zero attached hydrogens (tertiary/aromatic N) is 2. The van der Waals surface area contributed by atoms with Gasteiger partial charge in [0.05, 0.1) is 12.1 Å². The van der Waals surface area contributed by atoms with Crippen molar-refractivity contribution in [1.29, 1.82) is 0 Å². The number of carboxylic acids is 1. The van der Waals surface area contributed by atoms with Crippen LogP contribution in [0.1, 0.15) is 43.7 Å². The van der Waals surface area contributed by atoms with Crippen molar-refractivity contribution in [3.05, 3.63) is 23.4 Å². The molecule has 0 saturated carbocycles. The number of hydrogen-bond donors (Lipinski definition) is 2. The number of carboxylic acid groups (broad SMARTS) is 1. The van der Waals surface area contributed by atoms with Gasteiger partial charge in [-0.05, 0) is 39.3 Å². The van der Waals surface area contributed by atoms with Crippen LogP contribution in [0.5, 0.6) is 0 Å². The SMILES string of the molecule is CCc1cc(C(=O)O)cc(N(CC)CC(=O)NC(C)C)n1. The van der Waals surface area contributed by atoms with Gasteiger partial charge in [0.1, 0.15) is 5.82 Å². The van der Waals surface area contributed by atoms with E-state index in [-0.39, 0.29) is 24.1 Å². The summed E-state index contributed by atoms with van der Waals surface area (Å²) in [5.74, 6) is -0.573. The van der Waals surface area contributed by atoms with E-state index in [1.165, 1.54) is 6.07 Å². The Morgan fingerprint density at radius 2 is 2.00 bits per heavy atom. The van der Waals surface area contributed by atoms with Crippen LogP contribution in [0.15, 0.2) is 12.1 Å². The van der Waals surface area contributed by atoms with Crippen molar-refractivity contribution in [2.24, 2.45) is 0 Å². The standard InChI is InChI=1S/C15H23N3O3/c1-5-12-7-11(15(20)21)8-13(17-12)18(6-2)9-14(19)16-10(3)4/h7-8,10H,5-6,9H2,1-4H3,(H,16,19)(H,20,21). The molecule has 116 valence electrons. The van der Waals surface area contributed by atoms with E-state index in [1.54, 1.807) is 11.0 Å². The summed E-state index contributed by atoms with van der Waals surface area (Å²) in [5, 5.41) is 12.0. The average Bonchev–Trinajstić information content (AvgIpc) is 2.43. The molecular formula is C15H23N3O3. The molecule has 1 heterocycles. The molecule has 0 unspecified atom stereocenters. The van der Waals surface area contributed by atoms with Crippen LogP contribution in [0.25, 0.3) is 0 Å². The quantitative estimate of drug-likeness (QED) is 0.799. The van der Waals surface area contributed by atoms with Gasteiger partial charge in [0.15, 0.2) is 0 Å². The molecule has 2 N–H and O–H groups in total. The Balaban J connectivity index is 3.01. The molecule has 1 aromatic rings. The Labute approximate surface area is 125 Å². The van der Waals surface area contributed by atoms with Gasteiger partial charge < -0.3 is 15.3 Å². The van der Waals surface area contributed by atoms with Crippen molar-refractivity contribution in [2.45, 2.75) is 40.2 Å². The molecule has 0 aliphatic rings. The lowest BCUT2D eigenvalue weighted by Gasteiger charge is -2.23. The van der Waals surface area contributed by atoms with E-state index in [2.05, 4.69) is 10.3 Å². The number of likely N-dealkylation sites (N-methyl/N-ethyl adjacent to an activating group) is 1. The first-order chi connectivity index (χ1) is 9.87. The van der Waals surface area contributed by atoms with E-state index in [0.29, 0.717) is 24.5 Å². The second-order valence-corrected chi connectivity index (χ2v) is 5.10. The van der Waals surface area contributed by atoms with Gasteiger partial charge in [0.2, 0.25) is 5.91 Å².